The first-order valence-corrected chi connectivity index (χ1v) is 4.42. The number of nitrogens with two attached hydrogens (primary N) is 1. The number of aromatic nitrogens is 1. The molecule has 0 spiro atoms. The Morgan fingerprint density at radius 2 is 1.86 bits per heavy atom. The summed E-state index contributed by atoms with van der Waals surface area (Å²) in [4.78, 5) is 13.1. The van der Waals surface area contributed by atoms with E-state index in [4.69, 9.17) is 24.4 Å². The maximum Gasteiger partial charge on any atom is 0.254 e. The fourth-order valence-electron chi connectivity index (χ4n) is 0.547. The Morgan fingerprint density at radius 1 is 1.36 bits per heavy atom. The summed E-state index contributed by atoms with van der Waals surface area (Å²) in [6, 6.07) is 3.37. The minimum absolute atomic E-state index is 0.410. The van der Waals surface area contributed by atoms with Crippen LogP contribution in [0, 0.1) is 10.2 Å². The zero-order chi connectivity index (χ0) is 11.2. The first kappa shape index (κ1) is 12.8. The fourth-order valence-corrected chi connectivity index (χ4v) is 0.547. The van der Waals surface area contributed by atoms with E-state index in [0.717, 1.165) is 0 Å². The standard InChI is InChI=1S/C6H6N2O.ClHO4/c7-6(9)5-2-1-3-8-4-5;2-1(3,4)5/h1-4H,(H2,7,9);(H,2,3,4,5). The van der Waals surface area contributed by atoms with Crippen LogP contribution in [-0.2, 0) is 0 Å². The van der Waals surface area contributed by atoms with Gasteiger partial charge in [0.1, 0.15) is 5.56 Å². The lowest BCUT2D eigenvalue weighted by Gasteiger charge is -2.17. The Hall–Kier alpha value is -1.25. The molecule has 0 unspecified atom stereocenters. The Balaban J connectivity index is 0.000000292. The molecule has 14 heavy (non-hydrogen) atoms. The quantitative estimate of drug-likeness (QED) is 0.504. The molecule has 0 fully saturated rings. The van der Waals surface area contributed by atoms with E-state index in [1.54, 1.807) is 24.5 Å². The normalized spacial score (nSPS) is 10.0. The van der Waals surface area contributed by atoms with Crippen molar-refractivity contribution in [2.45, 2.75) is 0 Å². The summed E-state index contributed by atoms with van der Waals surface area (Å²) in [6.07, 6.45) is 3.27. The summed E-state index contributed by atoms with van der Waals surface area (Å²) in [5, 5.41) is 0. The molecule has 7 nitrogen and oxygen atoms in total. The smallest absolute Gasteiger partial charge is 0.254 e. The van der Waals surface area contributed by atoms with Gasteiger partial charge in [0.05, 0.1) is 0 Å². The topological polar surface area (TPSA) is 149 Å². The van der Waals surface area contributed by atoms with Gasteiger partial charge in [0, 0.05) is 6.07 Å². The van der Waals surface area contributed by atoms with Gasteiger partial charge in [0.25, 0.3) is 5.91 Å². The van der Waals surface area contributed by atoms with Crippen LogP contribution in [0.2, 0.25) is 0 Å². The van der Waals surface area contributed by atoms with E-state index in [2.05, 4.69) is 4.98 Å². The van der Waals surface area contributed by atoms with Gasteiger partial charge < -0.3 is 5.73 Å². The Morgan fingerprint density at radius 3 is 2.07 bits per heavy atom. The Kier molecular flexibility index (Phi) is 4.99. The summed E-state index contributed by atoms with van der Waals surface area (Å²) in [5.74, 6) is -0.410. The van der Waals surface area contributed by atoms with Crippen LogP contribution in [-0.4, -0.2) is 5.91 Å². The third-order valence-electron chi connectivity index (χ3n) is 0.992. The van der Waals surface area contributed by atoms with Crippen LogP contribution < -0.4 is 29.4 Å². The number of hydrogen-bond donors (Lipinski definition) is 1. The lowest BCUT2D eigenvalue weighted by Crippen LogP contribution is -2.68. The van der Waals surface area contributed by atoms with Crippen molar-refractivity contribution < 1.29 is 38.7 Å². The predicted molar refractivity (Wildman–Crippen MR) is 31.5 cm³/mol. The van der Waals surface area contributed by atoms with Crippen LogP contribution in [0.5, 0.6) is 0 Å². The minimum Gasteiger partial charge on any atom is -0.365 e. The average Bonchev–Trinajstić information content (AvgIpc) is 2.03. The number of carbonyl (C=O) groups is 1. The number of H-pyrrole nitrogens is 1. The molecule has 3 N–H and O–H groups in total. The number of carbonyl (C=O) groups excluding carboxylic acids is 1. The molecule has 0 aromatic carbocycles. The molecular weight excluding hydrogens is 216 g/mol. The predicted octanol–water partition coefficient (Wildman–Crippen LogP) is -5.16. The van der Waals surface area contributed by atoms with E-state index in [-0.39, 0.29) is 0 Å². The first-order chi connectivity index (χ1) is 6.30. The van der Waals surface area contributed by atoms with Crippen LogP contribution in [0.15, 0.2) is 24.5 Å². The van der Waals surface area contributed by atoms with Crippen molar-refractivity contribution in [3.05, 3.63) is 30.1 Å². The van der Waals surface area contributed by atoms with Gasteiger partial charge in [-0.15, -0.1) is 10.2 Å². The summed E-state index contributed by atoms with van der Waals surface area (Å²) < 4.78 is 34.0. The lowest BCUT2D eigenvalue weighted by molar-refractivity contribution is -2.00. The van der Waals surface area contributed by atoms with E-state index >= 15 is 0 Å². The molecule has 0 aliphatic rings. The zero-order valence-electron chi connectivity index (χ0n) is 6.81. The minimum atomic E-state index is -4.94. The van der Waals surface area contributed by atoms with Gasteiger partial charge in [-0.1, -0.05) is 0 Å². The van der Waals surface area contributed by atoms with E-state index in [1.165, 1.54) is 0 Å². The molecule has 8 heteroatoms. The van der Waals surface area contributed by atoms with Crippen molar-refractivity contribution in [3.63, 3.8) is 0 Å². The number of amides is 1. The SMILES string of the molecule is NC(=O)c1ccc[nH+]c1.[O-][Cl+3]([O-])([O-])[O-]. The molecular formula is C6H7ClN2O5. The maximum absolute atomic E-state index is 10.4. The third-order valence-corrected chi connectivity index (χ3v) is 0.992. The molecule has 1 rings (SSSR count). The van der Waals surface area contributed by atoms with Gasteiger partial charge >= 0.3 is 0 Å². The first-order valence-electron chi connectivity index (χ1n) is 3.18. The molecule has 0 saturated carbocycles. The van der Waals surface area contributed by atoms with Gasteiger partial charge in [0.15, 0.2) is 12.4 Å². The largest absolute Gasteiger partial charge is 0.365 e. The number of primary amides is 1. The van der Waals surface area contributed by atoms with E-state index < -0.39 is 16.2 Å². The van der Waals surface area contributed by atoms with E-state index in [0.29, 0.717) is 5.56 Å². The van der Waals surface area contributed by atoms with Crippen LogP contribution in [0.1, 0.15) is 10.4 Å². The Bertz CT molecular complexity index is 280. The highest BCUT2D eigenvalue weighted by Gasteiger charge is 1.98. The van der Waals surface area contributed by atoms with Crippen molar-refractivity contribution in [2.75, 3.05) is 0 Å². The van der Waals surface area contributed by atoms with Gasteiger partial charge in [0.2, 0.25) is 0 Å². The average molecular weight is 223 g/mol. The van der Waals surface area contributed by atoms with Gasteiger partial charge in [-0.3, -0.25) is 4.79 Å². The molecule has 78 valence electrons. The van der Waals surface area contributed by atoms with E-state index in [9.17, 15) is 4.79 Å². The molecule has 0 aliphatic heterocycles. The van der Waals surface area contributed by atoms with Crippen molar-refractivity contribution >= 4 is 5.91 Å². The number of rotatable bonds is 1. The zero-order valence-corrected chi connectivity index (χ0v) is 7.56. The van der Waals surface area contributed by atoms with Crippen molar-refractivity contribution in [1.82, 2.24) is 0 Å². The number of halogens is 1. The Labute approximate surface area is 81.2 Å². The molecule has 0 bridgehead atoms. The lowest BCUT2D eigenvalue weighted by atomic mass is 10.3. The van der Waals surface area contributed by atoms with Crippen LogP contribution in [0.25, 0.3) is 0 Å². The maximum atomic E-state index is 10.4. The molecule has 1 aromatic rings. The summed E-state index contributed by atoms with van der Waals surface area (Å²) in [6.45, 7) is 0. The number of hydrogen-bond acceptors (Lipinski definition) is 5. The fraction of sp³-hybridized carbons (Fsp3) is 0. The van der Waals surface area contributed by atoms with Gasteiger partial charge in [-0.2, -0.15) is 0 Å². The molecule has 1 heterocycles. The molecule has 1 amide bonds. The van der Waals surface area contributed by atoms with Gasteiger partial charge in [-0.25, -0.2) is 23.6 Å². The summed E-state index contributed by atoms with van der Waals surface area (Å²) in [5.41, 5.74) is 5.45. The highest BCUT2D eigenvalue weighted by molar-refractivity contribution is 5.92. The van der Waals surface area contributed by atoms with Crippen LogP contribution >= 0.6 is 0 Å². The molecule has 0 radical (unpaired) electrons. The molecule has 0 atom stereocenters. The molecule has 0 aliphatic carbocycles. The third kappa shape index (κ3) is 8.84. The number of pyridine rings is 1. The second kappa shape index (κ2) is 5.47. The second-order valence-electron chi connectivity index (χ2n) is 2.03. The number of aromatic amines is 1. The number of nitrogens with one attached hydrogen (secondary N) is 1. The summed E-state index contributed by atoms with van der Waals surface area (Å²) >= 11 is 0. The van der Waals surface area contributed by atoms with E-state index in [1.807, 2.05) is 0 Å². The highest BCUT2D eigenvalue weighted by Crippen LogP contribution is 1.88. The second-order valence-corrected chi connectivity index (χ2v) is 2.79. The van der Waals surface area contributed by atoms with Crippen molar-refractivity contribution in [1.29, 1.82) is 0 Å². The van der Waals surface area contributed by atoms with Crippen LogP contribution in [0.3, 0.4) is 0 Å². The monoisotopic (exact) mass is 222 g/mol. The van der Waals surface area contributed by atoms with Crippen LogP contribution in [0.4, 0.5) is 0 Å². The van der Waals surface area contributed by atoms with Gasteiger partial charge in [-0.05, 0) is 6.07 Å². The van der Waals surface area contributed by atoms with Crippen molar-refractivity contribution in [3.8, 4) is 0 Å². The summed E-state index contributed by atoms with van der Waals surface area (Å²) in [7, 11) is -4.94. The molecule has 0 saturated heterocycles. The highest BCUT2D eigenvalue weighted by atomic mass is 35.7. The molecule has 1 aromatic heterocycles. The van der Waals surface area contributed by atoms with Crippen molar-refractivity contribution in [2.24, 2.45) is 5.73 Å².